The third kappa shape index (κ3) is 8.15. The minimum Gasteiger partial charge on any atom is -0.478 e. The summed E-state index contributed by atoms with van der Waals surface area (Å²) in [4.78, 5) is 23.3. The maximum Gasteiger partial charge on any atom is 0.336 e. The standard InChI is InChI=1S/C23H36O4/c1-4-5-6-7-8-9-10-11-12-19-18(14-13-17(2)3)15-16-20(22(24)25)21(19)23(26)27/h15-17H,4-14H2,1-3H3,(H,24,25)(H,26,27). The molecule has 0 heterocycles. The smallest absolute Gasteiger partial charge is 0.336 e. The van der Waals surface area contributed by atoms with Gasteiger partial charge in [0.1, 0.15) is 0 Å². The molecule has 0 atom stereocenters. The Labute approximate surface area is 164 Å². The molecule has 27 heavy (non-hydrogen) atoms. The van der Waals surface area contributed by atoms with E-state index in [0.717, 1.165) is 43.2 Å². The predicted octanol–water partition coefficient (Wildman–Crippen LogP) is 6.35. The molecule has 0 aromatic heterocycles. The Hall–Kier alpha value is -1.84. The van der Waals surface area contributed by atoms with E-state index in [-0.39, 0.29) is 11.1 Å². The van der Waals surface area contributed by atoms with Crippen molar-refractivity contribution in [3.8, 4) is 0 Å². The van der Waals surface area contributed by atoms with Crippen LogP contribution in [0.5, 0.6) is 0 Å². The molecule has 0 radical (unpaired) electrons. The molecule has 0 fully saturated rings. The summed E-state index contributed by atoms with van der Waals surface area (Å²) in [5.74, 6) is -1.78. The normalized spacial score (nSPS) is 11.1. The fraction of sp³-hybridized carbons (Fsp3) is 0.652. The van der Waals surface area contributed by atoms with Gasteiger partial charge in [0.15, 0.2) is 0 Å². The van der Waals surface area contributed by atoms with Gasteiger partial charge in [0.05, 0.1) is 11.1 Å². The molecule has 1 aromatic carbocycles. The molecular formula is C23H36O4. The monoisotopic (exact) mass is 376 g/mol. The molecule has 0 saturated heterocycles. The zero-order valence-corrected chi connectivity index (χ0v) is 17.2. The summed E-state index contributed by atoms with van der Waals surface area (Å²) < 4.78 is 0. The Balaban J connectivity index is 2.84. The molecule has 0 amide bonds. The maximum atomic E-state index is 11.8. The van der Waals surface area contributed by atoms with Crippen LogP contribution in [-0.2, 0) is 12.8 Å². The molecule has 4 nitrogen and oxygen atoms in total. The van der Waals surface area contributed by atoms with Crippen molar-refractivity contribution >= 4 is 11.9 Å². The topological polar surface area (TPSA) is 74.6 Å². The second-order valence-electron chi connectivity index (χ2n) is 7.89. The quantitative estimate of drug-likeness (QED) is 0.371. The van der Waals surface area contributed by atoms with Crippen molar-refractivity contribution < 1.29 is 19.8 Å². The molecule has 0 aliphatic rings. The lowest BCUT2D eigenvalue weighted by atomic mass is 9.88. The van der Waals surface area contributed by atoms with Crippen LogP contribution in [0.2, 0.25) is 0 Å². The molecule has 0 aliphatic heterocycles. The number of aryl methyl sites for hydroxylation is 1. The molecular weight excluding hydrogens is 340 g/mol. The minimum atomic E-state index is -1.17. The van der Waals surface area contributed by atoms with Crippen molar-refractivity contribution in [1.29, 1.82) is 0 Å². The summed E-state index contributed by atoms with van der Waals surface area (Å²) in [6, 6.07) is 3.27. The van der Waals surface area contributed by atoms with Gasteiger partial charge >= 0.3 is 11.9 Å². The van der Waals surface area contributed by atoms with Gasteiger partial charge in [0.2, 0.25) is 0 Å². The van der Waals surface area contributed by atoms with Gasteiger partial charge in [0, 0.05) is 0 Å². The highest BCUT2D eigenvalue weighted by Gasteiger charge is 2.22. The van der Waals surface area contributed by atoms with E-state index in [1.165, 1.54) is 38.2 Å². The van der Waals surface area contributed by atoms with Gasteiger partial charge in [-0.25, -0.2) is 9.59 Å². The van der Waals surface area contributed by atoms with Gasteiger partial charge in [-0.15, -0.1) is 0 Å². The SMILES string of the molecule is CCCCCCCCCCc1c(CCC(C)C)ccc(C(=O)O)c1C(=O)O. The van der Waals surface area contributed by atoms with Crippen LogP contribution in [0, 0.1) is 5.92 Å². The number of carboxylic acids is 2. The Morgan fingerprint density at radius 3 is 1.96 bits per heavy atom. The summed E-state index contributed by atoms with van der Waals surface area (Å²) >= 11 is 0. The molecule has 0 unspecified atom stereocenters. The number of hydrogen-bond donors (Lipinski definition) is 2. The fourth-order valence-electron chi connectivity index (χ4n) is 3.51. The summed E-state index contributed by atoms with van der Waals surface area (Å²) in [5.41, 5.74) is 1.63. The van der Waals surface area contributed by atoms with Crippen molar-refractivity contribution in [2.24, 2.45) is 5.92 Å². The van der Waals surface area contributed by atoms with E-state index < -0.39 is 11.9 Å². The van der Waals surface area contributed by atoms with E-state index in [1.54, 1.807) is 0 Å². The summed E-state index contributed by atoms with van der Waals surface area (Å²) in [5, 5.41) is 19.1. The van der Waals surface area contributed by atoms with Gasteiger partial charge < -0.3 is 10.2 Å². The van der Waals surface area contributed by atoms with Crippen molar-refractivity contribution in [2.45, 2.75) is 91.4 Å². The Bertz CT molecular complexity index is 605. The van der Waals surface area contributed by atoms with Crippen molar-refractivity contribution in [2.75, 3.05) is 0 Å². The highest BCUT2D eigenvalue weighted by atomic mass is 16.4. The first kappa shape index (κ1) is 23.2. The Morgan fingerprint density at radius 2 is 1.44 bits per heavy atom. The number of unbranched alkanes of at least 4 members (excludes halogenated alkanes) is 7. The number of carbonyl (C=O) groups is 2. The van der Waals surface area contributed by atoms with E-state index in [1.807, 2.05) is 6.07 Å². The Kier molecular flexibility index (Phi) is 10.8. The second-order valence-corrected chi connectivity index (χ2v) is 7.89. The summed E-state index contributed by atoms with van der Waals surface area (Å²) in [6.07, 6.45) is 11.9. The second kappa shape index (κ2) is 12.5. The molecule has 152 valence electrons. The molecule has 0 saturated carbocycles. The molecule has 2 N–H and O–H groups in total. The number of rotatable bonds is 14. The van der Waals surface area contributed by atoms with Crippen LogP contribution in [0.1, 0.15) is 110 Å². The molecule has 0 spiro atoms. The molecule has 1 rings (SSSR count). The lowest BCUT2D eigenvalue weighted by molar-refractivity contribution is 0.0650. The van der Waals surface area contributed by atoms with Crippen LogP contribution in [0.4, 0.5) is 0 Å². The largest absolute Gasteiger partial charge is 0.478 e. The minimum absolute atomic E-state index is 0.00768. The van der Waals surface area contributed by atoms with E-state index in [2.05, 4.69) is 20.8 Å². The van der Waals surface area contributed by atoms with Crippen molar-refractivity contribution in [3.05, 3.63) is 34.4 Å². The Morgan fingerprint density at radius 1 is 0.852 bits per heavy atom. The number of aromatic carboxylic acids is 2. The van der Waals surface area contributed by atoms with E-state index >= 15 is 0 Å². The number of benzene rings is 1. The zero-order chi connectivity index (χ0) is 20.2. The van der Waals surface area contributed by atoms with Crippen LogP contribution in [-0.4, -0.2) is 22.2 Å². The van der Waals surface area contributed by atoms with Gasteiger partial charge in [-0.05, 0) is 48.8 Å². The maximum absolute atomic E-state index is 11.8. The molecule has 0 aliphatic carbocycles. The van der Waals surface area contributed by atoms with E-state index in [4.69, 9.17) is 0 Å². The van der Waals surface area contributed by atoms with Gasteiger partial charge in [-0.2, -0.15) is 0 Å². The number of hydrogen-bond acceptors (Lipinski definition) is 2. The fourth-order valence-corrected chi connectivity index (χ4v) is 3.51. The van der Waals surface area contributed by atoms with Crippen LogP contribution >= 0.6 is 0 Å². The summed E-state index contributed by atoms with van der Waals surface area (Å²) in [7, 11) is 0. The van der Waals surface area contributed by atoms with Gasteiger partial charge in [0.25, 0.3) is 0 Å². The lowest BCUT2D eigenvalue weighted by Gasteiger charge is -2.16. The van der Waals surface area contributed by atoms with Crippen molar-refractivity contribution in [3.63, 3.8) is 0 Å². The van der Waals surface area contributed by atoms with Gasteiger partial charge in [-0.3, -0.25) is 0 Å². The molecule has 0 bridgehead atoms. The molecule has 4 heteroatoms. The zero-order valence-electron chi connectivity index (χ0n) is 17.2. The van der Waals surface area contributed by atoms with Gasteiger partial charge in [-0.1, -0.05) is 71.8 Å². The van der Waals surface area contributed by atoms with Crippen LogP contribution in [0.15, 0.2) is 12.1 Å². The third-order valence-electron chi connectivity index (χ3n) is 5.13. The van der Waals surface area contributed by atoms with E-state index in [0.29, 0.717) is 12.3 Å². The number of carboxylic acid groups (broad SMARTS) is 2. The first-order valence-corrected chi connectivity index (χ1v) is 10.5. The highest BCUT2D eigenvalue weighted by molar-refractivity contribution is 6.03. The predicted molar refractivity (Wildman–Crippen MR) is 110 cm³/mol. The van der Waals surface area contributed by atoms with E-state index in [9.17, 15) is 19.8 Å². The average molecular weight is 377 g/mol. The lowest BCUT2D eigenvalue weighted by Crippen LogP contribution is -2.14. The van der Waals surface area contributed by atoms with Crippen LogP contribution in [0.3, 0.4) is 0 Å². The highest BCUT2D eigenvalue weighted by Crippen LogP contribution is 2.25. The van der Waals surface area contributed by atoms with Crippen molar-refractivity contribution in [1.82, 2.24) is 0 Å². The summed E-state index contributed by atoms with van der Waals surface area (Å²) in [6.45, 7) is 6.49. The first-order chi connectivity index (χ1) is 12.9. The first-order valence-electron chi connectivity index (χ1n) is 10.5. The van der Waals surface area contributed by atoms with Crippen LogP contribution < -0.4 is 0 Å². The van der Waals surface area contributed by atoms with Crippen LogP contribution in [0.25, 0.3) is 0 Å². The average Bonchev–Trinajstić information content (AvgIpc) is 2.61. The third-order valence-corrected chi connectivity index (χ3v) is 5.13. The molecule has 1 aromatic rings.